The number of aliphatic imine (C=N–C) groups is 1. The Balaban J connectivity index is 1.20. The lowest BCUT2D eigenvalue weighted by molar-refractivity contribution is -0.122. The highest BCUT2D eigenvalue weighted by atomic mass is 16.5. The largest absolute Gasteiger partial charge is 0.482 e. The minimum atomic E-state index is 0.218. The van der Waals surface area contributed by atoms with Crippen molar-refractivity contribution in [2.45, 2.75) is 111 Å². The molecule has 4 aliphatic carbocycles. The second kappa shape index (κ2) is 8.91. The van der Waals surface area contributed by atoms with Crippen molar-refractivity contribution in [3.8, 4) is 5.75 Å². The third-order valence-corrected chi connectivity index (χ3v) is 12.1. The van der Waals surface area contributed by atoms with Crippen molar-refractivity contribution in [1.82, 2.24) is 0 Å². The Morgan fingerprint density at radius 1 is 0.886 bits per heavy atom. The summed E-state index contributed by atoms with van der Waals surface area (Å²) in [7, 11) is 0. The van der Waals surface area contributed by atoms with Crippen LogP contribution >= 0.6 is 0 Å². The number of hydrogen-bond acceptors (Lipinski definition) is 2. The van der Waals surface area contributed by atoms with Gasteiger partial charge in [0.1, 0.15) is 17.5 Å². The van der Waals surface area contributed by atoms with Crippen LogP contribution < -0.4 is 4.74 Å². The van der Waals surface area contributed by atoms with E-state index in [1.54, 1.807) is 0 Å². The van der Waals surface area contributed by atoms with E-state index in [9.17, 15) is 0 Å². The smallest absolute Gasteiger partial charge is 0.145 e. The van der Waals surface area contributed by atoms with Crippen LogP contribution in [0.25, 0.3) is 0 Å². The zero-order valence-electron chi connectivity index (χ0n) is 23.1. The van der Waals surface area contributed by atoms with Gasteiger partial charge in [0.25, 0.3) is 0 Å². The first-order valence-electron chi connectivity index (χ1n) is 15.1. The van der Waals surface area contributed by atoms with E-state index >= 15 is 0 Å². The van der Waals surface area contributed by atoms with E-state index in [-0.39, 0.29) is 6.10 Å². The Hall–Kier alpha value is -1.31. The Kier molecular flexibility index (Phi) is 6.12. The van der Waals surface area contributed by atoms with Crippen molar-refractivity contribution in [2.24, 2.45) is 57.2 Å². The average Bonchev–Trinajstić information content (AvgIpc) is 3.19. The van der Waals surface area contributed by atoms with Crippen molar-refractivity contribution < 1.29 is 4.74 Å². The normalized spacial score (nSPS) is 42.6. The second-order valence-electron chi connectivity index (χ2n) is 14.2. The molecule has 0 N–H and O–H groups in total. The van der Waals surface area contributed by atoms with E-state index < -0.39 is 0 Å². The lowest BCUT2D eigenvalue weighted by Crippen LogP contribution is -2.59. The molecule has 192 valence electrons. The standard InChI is InChI=1S/C33H49NO/c1-21(2)9-8-10-22(3)24-15-16-25-23-13-14-27-31-29(34-28-11-6-7-12-30(28)35-31)18-20-33(27,5)26(23)17-19-32(24,25)4/h6-7,11-12,21-27,31H,8-10,13-20H2,1-5H3/t22-,23+,24-,25+,26+,27+,31+,32-,33-/m1/s1. The van der Waals surface area contributed by atoms with Gasteiger partial charge in [0, 0.05) is 5.92 Å². The maximum absolute atomic E-state index is 6.73. The molecular weight excluding hydrogens is 426 g/mol. The fourth-order valence-electron chi connectivity index (χ4n) is 10.4. The molecule has 6 rings (SSSR count). The van der Waals surface area contributed by atoms with E-state index in [1.165, 1.54) is 69.9 Å². The lowest BCUT2D eigenvalue weighted by atomic mass is 9.44. The van der Waals surface area contributed by atoms with Gasteiger partial charge in [-0.15, -0.1) is 0 Å². The number of para-hydroxylation sites is 2. The summed E-state index contributed by atoms with van der Waals surface area (Å²) in [4.78, 5) is 5.11. The molecule has 4 saturated carbocycles. The molecule has 1 aliphatic heterocycles. The molecule has 2 heteroatoms. The molecule has 1 aromatic rings. The first-order valence-corrected chi connectivity index (χ1v) is 15.1. The fourth-order valence-corrected chi connectivity index (χ4v) is 10.4. The molecule has 9 atom stereocenters. The summed E-state index contributed by atoms with van der Waals surface area (Å²) >= 11 is 0. The van der Waals surface area contributed by atoms with E-state index in [1.807, 2.05) is 0 Å². The number of fused-ring (bicyclic) bond motifs is 8. The van der Waals surface area contributed by atoms with Crippen LogP contribution in [0.3, 0.4) is 0 Å². The van der Waals surface area contributed by atoms with Gasteiger partial charge in [0.2, 0.25) is 0 Å². The zero-order valence-corrected chi connectivity index (χ0v) is 23.1. The number of nitrogens with zero attached hydrogens (tertiary/aromatic N) is 1. The van der Waals surface area contributed by atoms with Crippen LogP contribution in [0.5, 0.6) is 5.75 Å². The van der Waals surface area contributed by atoms with Gasteiger partial charge in [0.15, 0.2) is 0 Å². The fraction of sp³-hybridized carbons (Fsp3) is 0.788. The lowest BCUT2D eigenvalue weighted by Gasteiger charge is -2.62. The Morgan fingerprint density at radius 3 is 2.49 bits per heavy atom. The molecule has 0 radical (unpaired) electrons. The molecule has 0 unspecified atom stereocenters. The van der Waals surface area contributed by atoms with Gasteiger partial charge in [-0.05, 0) is 110 Å². The van der Waals surface area contributed by atoms with Crippen LogP contribution in [0.4, 0.5) is 5.69 Å². The van der Waals surface area contributed by atoms with Crippen LogP contribution in [0.15, 0.2) is 29.3 Å². The Morgan fingerprint density at radius 2 is 1.66 bits per heavy atom. The molecule has 0 saturated heterocycles. The third kappa shape index (κ3) is 3.83. The monoisotopic (exact) mass is 475 g/mol. The summed E-state index contributed by atoms with van der Waals surface area (Å²) < 4.78 is 6.73. The summed E-state index contributed by atoms with van der Waals surface area (Å²) in [5, 5.41) is 0. The molecule has 1 heterocycles. The van der Waals surface area contributed by atoms with Crippen molar-refractivity contribution in [3.05, 3.63) is 24.3 Å². The van der Waals surface area contributed by atoms with Gasteiger partial charge in [-0.25, -0.2) is 0 Å². The van der Waals surface area contributed by atoms with Gasteiger partial charge in [-0.1, -0.05) is 66.0 Å². The Bertz CT molecular complexity index is 966. The first kappa shape index (κ1) is 24.1. The van der Waals surface area contributed by atoms with Crippen molar-refractivity contribution in [3.63, 3.8) is 0 Å². The molecular formula is C33H49NO. The summed E-state index contributed by atoms with van der Waals surface area (Å²) in [6, 6.07) is 8.43. The molecule has 2 nitrogen and oxygen atoms in total. The van der Waals surface area contributed by atoms with Crippen molar-refractivity contribution in [2.75, 3.05) is 0 Å². The van der Waals surface area contributed by atoms with Crippen LogP contribution in [0.1, 0.15) is 105 Å². The van der Waals surface area contributed by atoms with Crippen molar-refractivity contribution >= 4 is 11.4 Å². The molecule has 1 aromatic carbocycles. The van der Waals surface area contributed by atoms with Crippen LogP contribution in [-0.4, -0.2) is 11.8 Å². The van der Waals surface area contributed by atoms with Gasteiger partial charge in [-0.2, -0.15) is 0 Å². The molecule has 0 amide bonds. The third-order valence-electron chi connectivity index (χ3n) is 12.1. The summed E-state index contributed by atoms with van der Waals surface area (Å²) in [5.74, 6) is 7.14. The van der Waals surface area contributed by atoms with E-state index in [0.717, 1.165) is 53.4 Å². The highest BCUT2D eigenvalue weighted by Gasteiger charge is 2.62. The van der Waals surface area contributed by atoms with E-state index in [2.05, 4.69) is 58.9 Å². The summed E-state index contributed by atoms with van der Waals surface area (Å²) in [6.45, 7) is 12.8. The molecule has 5 aliphatic rings. The molecule has 0 bridgehead atoms. The molecule has 35 heavy (non-hydrogen) atoms. The predicted molar refractivity (Wildman–Crippen MR) is 146 cm³/mol. The van der Waals surface area contributed by atoms with Gasteiger partial charge >= 0.3 is 0 Å². The van der Waals surface area contributed by atoms with Crippen LogP contribution in [-0.2, 0) is 0 Å². The van der Waals surface area contributed by atoms with Gasteiger partial charge < -0.3 is 4.74 Å². The first-order chi connectivity index (χ1) is 16.8. The maximum atomic E-state index is 6.73. The van der Waals surface area contributed by atoms with Gasteiger partial charge in [-0.3, -0.25) is 4.99 Å². The minimum absolute atomic E-state index is 0.218. The molecule has 0 spiro atoms. The minimum Gasteiger partial charge on any atom is -0.482 e. The second-order valence-corrected chi connectivity index (χ2v) is 14.2. The van der Waals surface area contributed by atoms with Gasteiger partial charge in [0.05, 0.1) is 5.71 Å². The highest BCUT2D eigenvalue weighted by Crippen LogP contribution is 2.68. The predicted octanol–water partition coefficient (Wildman–Crippen LogP) is 9.25. The van der Waals surface area contributed by atoms with E-state index in [4.69, 9.17) is 9.73 Å². The highest BCUT2D eigenvalue weighted by molar-refractivity contribution is 5.94. The molecule has 0 aromatic heterocycles. The van der Waals surface area contributed by atoms with Crippen LogP contribution in [0, 0.1) is 52.3 Å². The zero-order chi connectivity index (χ0) is 24.4. The topological polar surface area (TPSA) is 21.6 Å². The average molecular weight is 476 g/mol. The Labute approximate surface area is 214 Å². The maximum Gasteiger partial charge on any atom is 0.145 e. The number of ether oxygens (including phenoxy) is 1. The summed E-state index contributed by atoms with van der Waals surface area (Å²) in [5.41, 5.74) is 3.38. The number of benzene rings is 1. The SMILES string of the molecule is CC(C)CCC[C@@H](C)[C@H]1CC[C@H]2[C@@H]3CC[C@H]4[C@@H]5Oc6ccccc6N=C5CC[C@]4(C)[C@H]3CC[C@]12C. The number of rotatable bonds is 5. The van der Waals surface area contributed by atoms with E-state index in [0.29, 0.717) is 16.7 Å². The number of hydrogen-bond donors (Lipinski definition) is 0. The quantitative estimate of drug-likeness (QED) is 0.416. The molecule has 4 fully saturated rings. The van der Waals surface area contributed by atoms with Crippen LogP contribution in [0.2, 0.25) is 0 Å². The van der Waals surface area contributed by atoms with Crippen molar-refractivity contribution in [1.29, 1.82) is 0 Å². The summed E-state index contributed by atoms with van der Waals surface area (Å²) in [6.07, 6.45) is 15.6.